The third-order valence-electron chi connectivity index (χ3n) is 2.81. The minimum Gasteiger partial charge on any atom is -0.312 e. The maximum atomic E-state index is 4.44. The lowest BCUT2D eigenvalue weighted by Gasteiger charge is -2.03. The van der Waals surface area contributed by atoms with Crippen molar-refractivity contribution in [2.75, 3.05) is 6.54 Å². The fourth-order valence-electron chi connectivity index (χ4n) is 1.79. The van der Waals surface area contributed by atoms with E-state index in [2.05, 4.69) is 32.8 Å². The Morgan fingerprint density at radius 2 is 2.18 bits per heavy atom. The predicted octanol–water partition coefficient (Wildman–Crippen LogP) is 2.12. The number of nitrogens with zero attached hydrogens (tertiary/aromatic N) is 2. The molecule has 2 heterocycles. The first-order chi connectivity index (χ1) is 8.16. The highest BCUT2D eigenvalue weighted by molar-refractivity contribution is 7.09. The molecule has 0 atom stereocenters. The lowest BCUT2D eigenvalue weighted by molar-refractivity contribution is 0.677. The summed E-state index contributed by atoms with van der Waals surface area (Å²) in [5.74, 6) is 0. The van der Waals surface area contributed by atoms with E-state index in [9.17, 15) is 0 Å². The van der Waals surface area contributed by atoms with Crippen LogP contribution in [0, 0.1) is 20.8 Å². The topological polar surface area (TPSA) is 53.6 Å². The van der Waals surface area contributed by atoms with Crippen molar-refractivity contribution in [1.82, 2.24) is 20.5 Å². The van der Waals surface area contributed by atoms with Crippen molar-refractivity contribution in [3.05, 3.63) is 33.0 Å². The van der Waals surface area contributed by atoms with Gasteiger partial charge in [0.15, 0.2) is 0 Å². The molecule has 0 aromatic carbocycles. The number of hydrogen-bond donors (Lipinski definition) is 2. The average molecular weight is 250 g/mol. The molecule has 0 amide bonds. The molecule has 2 rings (SSSR count). The minimum absolute atomic E-state index is 0.872. The maximum absolute atomic E-state index is 4.44. The molecule has 17 heavy (non-hydrogen) atoms. The molecule has 0 aliphatic rings. The van der Waals surface area contributed by atoms with Gasteiger partial charge in [0.05, 0.1) is 16.4 Å². The van der Waals surface area contributed by atoms with Gasteiger partial charge in [-0.05, 0) is 20.8 Å². The van der Waals surface area contributed by atoms with Gasteiger partial charge in [0.2, 0.25) is 0 Å². The molecule has 0 unspecified atom stereocenters. The molecule has 2 aromatic heterocycles. The maximum Gasteiger partial charge on any atom is 0.0897 e. The third-order valence-corrected chi connectivity index (χ3v) is 3.63. The molecule has 2 N–H and O–H groups in total. The molecular weight excluding hydrogens is 232 g/mol. The Kier molecular flexibility index (Phi) is 3.91. The van der Waals surface area contributed by atoms with Gasteiger partial charge in [0, 0.05) is 36.1 Å². The standard InChI is InChI=1S/C12H18N4S/c1-8-12(9(2)16-15-8)6-13-5-4-11-7-17-10(3)14-11/h7,13H,4-6H2,1-3H3,(H,15,16). The second-order valence-electron chi connectivity index (χ2n) is 4.20. The quantitative estimate of drug-likeness (QED) is 0.799. The lowest BCUT2D eigenvalue weighted by Crippen LogP contribution is -2.17. The van der Waals surface area contributed by atoms with Gasteiger partial charge in [-0.1, -0.05) is 0 Å². The molecule has 4 nitrogen and oxygen atoms in total. The molecule has 0 saturated carbocycles. The van der Waals surface area contributed by atoms with Gasteiger partial charge in [0.1, 0.15) is 0 Å². The van der Waals surface area contributed by atoms with Gasteiger partial charge >= 0.3 is 0 Å². The average Bonchev–Trinajstić information content (AvgIpc) is 2.83. The van der Waals surface area contributed by atoms with Crippen LogP contribution >= 0.6 is 11.3 Å². The Morgan fingerprint density at radius 3 is 2.76 bits per heavy atom. The van der Waals surface area contributed by atoms with E-state index < -0.39 is 0 Å². The van der Waals surface area contributed by atoms with Crippen molar-refractivity contribution >= 4 is 11.3 Å². The number of thiazole rings is 1. The van der Waals surface area contributed by atoms with E-state index in [1.165, 1.54) is 11.3 Å². The SMILES string of the molecule is Cc1nc(CCNCc2c(C)n[nH]c2C)cs1. The zero-order valence-electron chi connectivity index (χ0n) is 10.5. The summed E-state index contributed by atoms with van der Waals surface area (Å²) in [6.07, 6.45) is 0.986. The lowest BCUT2D eigenvalue weighted by atomic mass is 10.2. The van der Waals surface area contributed by atoms with Crippen LogP contribution < -0.4 is 5.32 Å². The number of H-pyrrole nitrogens is 1. The number of hydrogen-bond acceptors (Lipinski definition) is 4. The largest absolute Gasteiger partial charge is 0.312 e. The summed E-state index contributed by atoms with van der Waals surface area (Å²) in [7, 11) is 0. The summed E-state index contributed by atoms with van der Waals surface area (Å²) in [6.45, 7) is 7.95. The van der Waals surface area contributed by atoms with Gasteiger partial charge in [0.25, 0.3) is 0 Å². The van der Waals surface area contributed by atoms with Crippen molar-refractivity contribution in [1.29, 1.82) is 0 Å². The van der Waals surface area contributed by atoms with Gasteiger partial charge in [-0.2, -0.15) is 5.10 Å². The second kappa shape index (κ2) is 5.42. The van der Waals surface area contributed by atoms with Crippen molar-refractivity contribution < 1.29 is 0 Å². The Morgan fingerprint density at radius 1 is 1.35 bits per heavy atom. The summed E-state index contributed by atoms with van der Waals surface area (Å²) < 4.78 is 0. The Balaban J connectivity index is 1.77. The molecule has 0 saturated heterocycles. The van der Waals surface area contributed by atoms with Gasteiger partial charge in [-0.15, -0.1) is 11.3 Å². The Labute approximate surface area is 105 Å². The van der Waals surface area contributed by atoms with Crippen molar-refractivity contribution in [3.8, 4) is 0 Å². The number of aromatic amines is 1. The van der Waals surface area contributed by atoms with Crippen LogP contribution in [0.15, 0.2) is 5.38 Å². The molecule has 0 fully saturated rings. The van der Waals surface area contributed by atoms with Crippen molar-refractivity contribution in [3.63, 3.8) is 0 Å². The fraction of sp³-hybridized carbons (Fsp3) is 0.500. The molecule has 0 aliphatic carbocycles. The van der Waals surface area contributed by atoms with Crippen LogP contribution in [-0.2, 0) is 13.0 Å². The molecule has 5 heteroatoms. The summed E-state index contributed by atoms with van der Waals surface area (Å²) in [5.41, 5.74) is 4.69. The number of aryl methyl sites for hydroxylation is 3. The Hall–Kier alpha value is -1.20. The smallest absolute Gasteiger partial charge is 0.0897 e. The van der Waals surface area contributed by atoms with Gasteiger partial charge in [-0.3, -0.25) is 5.10 Å². The van der Waals surface area contributed by atoms with E-state index in [1.54, 1.807) is 11.3 Å². The van der Waals surface area contributed by atoms with Crippen LogP contribution in [-0.4, -0.2) is 21.7 Å². The van der Waals surface area contributed by atoms with E-state index in [1.807, 2.05) is 13.8 Å². The molecule has 0 bridgehead atoms. The number of aromatic nitrogens is 3. The highest BCUT2D eigenvalue weighted by Crippen LogP contribution is 2.09. The zero-order chi connectivity index (χ0) is 12.3. The third kappa shape index (κ3) is 3.14. The summed E-state index contributed by atoms with van der Waals surface area (Å²) in [6, 6.07) is 0. The molecule has 0 radical (unpaired) electrons. The second-order valence-corrected chi connectivity index (χ2v) is 5.26. The summed E-state index contributed by atoms with van der Waals surface area (Å²) >= 11 is 1.71. The van der Waals surface area contributed by atoms with Gasteiger partial charge < -0.3 is 5.32 Å². The Bertz CT molecular complexity index is 467. The highest BCUT2D eigenvalue weighted by Gasteiger charge is 2.05. The monoisotopic (exact) mass is 250 g/mol. The number of rotatable bonds is 5. The van der Waals surface area contributed by atoms with E-state index in [-0.39, 0.29) is 0 Å². The van der Waals surface area contributed by atoms with E-state index in [0.29, 0.717) is 0 Å². The van der Waals surface area contributed by atoms with E-state index in [4.69, 9.17) is 0 Å². The predicted molar refractivity (Wildman–Crippen MR) is 70.3 cm³/mol. The summed E-state index contributed by atoms with van der Waals surface area (Å²) in [4.78, 5) is 4.44. The first kappa shape index (κ1) is 12.3. The van der Waals surface area contributed by atoms with E-state index in [0.717, 1.165) is 35.9 Å². The van der Waals surface area contributed by atoms with E-state index >= 15 is 0 Å². The van der Waals surface area contributed by atoms with Crippen LogP contribution in [0.2, 0.25) is 0 Å². The minimum atomic E-state index is 0.872. The molecule has 0 aliphatic heterocycles. The normalized spacial score (nSPS) is 11.0. The zero-order valence-corrected chi connectivity index (χ0v) is 11.3. The molecule has 2 aromatic rings. The molecule has 0 spiro atoms. The van der Waals surface area contributed by atoms with Crippen LogP contribution in [0.3, 0.4) is 0 Å². The first-order valence-electron chi connectivity index (χ1n) is 5.79. The summed E-state index contributed by atoms with van der Waals surface area (Å²) in [5, 5.41) is 13.9. The highest BCUT2D eigenvalue weighted by atomic mass is 32.1. The van der Waals surface area contributed by atoms with Gasteiger partial charge in [-0.25, -0.2) is 4.98 Å². The molecular formula is C12H18N4S. The first-order valence-corrected chi connectivity index (χ1v) is 6.67. The van der Waals surface area contributed by atoms with Crippen LogP contribution in [0.1, 0.15) is 27.7 Å². The van der Waals surface area contributed by atoms with Crippen LogP contribution in [0.5, 0.6) is 0 Å². The fourth-order valence-corrected chi connectivity index (χ4v) is 2.43. The van der Waals surface area contributed by atoms with Crippen molar-refractivity contribution in [2.24, 2.45) is 0 Å². The number of nitrogens with one attached hydrogen (secondary N) is 2. The molecule has 92 valence electrons. The van der Waals surface area contributed by atoms with Crippen molar-refractivity contribution in [2.45, 2.75) is 33.7 Å². The van der Waals surface area contributed by atoms with Crippen LogP contribution in [0.4, 0.5) is 0 Å². The van der Waals surface area contributed by atoms with Crippen LogP contribution in [0.25, 0.3) is 0 Å².